The molecule has 0 saturated carbocycles. The van der Waals surface area contributed by atoms with E-state index in [2.05, 4.69) is 6.92 Å². The van der Waals surface area contributed by atoms with E-state index < -0.39 is 11.9 Å². The van der Waals surface area contributed by atoms with Gasteiger partial charge in [-0.05, 0) is 12.8 Å². The molecule has 0 amide bonds. The summed E-state index contributed by atoms with van der Waals surface area (Å²) in [5, 5.41) is 17.0. The number of carboxylic acid groups (broad SMARTS) is 2. The van der Waals surface area contributed by atoms with Gasteiger partial charge in [0, 0.05) is 6.08 Å². The predicted octanol–water partition coefficient (Wildman–Crippen LogP) is 2.22. The van der Waals surface area contributed by atoms with Crippen LogP contribution in [0.25, 0.3) is 0 Å². The number of aliphatic carboxylic acids is 2. The van der Waals surface area contributed by atoms with Crippen LogP contribution in [-0.4, -0.2) is 22.2 Å². The number of rotatable bonds is 7. The molecule has 84 valence electrons. The summed E-state index contributed by atoms with van der Waals surface area (Å²) in [5.74, 6) is -2.46. The molecule has 0 radical (unpaired) electrons. The number of carbonyl (C=O) groups is 2. The summed E-state index contributed by atoms with van der Waals surface area (Å²) < 4.78 is 0. The zero-order chi connectivity index (χ0) is 11.7. The van der Waals surface area contributed by atoms with Crippen molar-refractivity contribution in [1.82, 2.24) is 0 Å². The van der Waals surface area contributed by atoms with E-state index >= 15 is 0 Å². The topological polar surface area (TPSA) is 74.6 Å². The lowest BCUT2D eigenvalue weighted by molar-refractivity contribution is -0.134. The molecule has 0 bridgehead atoms. The molecule has 0 aliphatic heterocycles. The first-order valence-electron chi connectivity index (χ1n) is 4.92. The maximum absolute atomic E-state index is 10.6. The third-order valence-corrected chi connectivity index (χ3v) is 1.80. The minimum absolute atomic E-state index is 0.195. The Kier molecular flexibility index (Phi) is 6.97. The molecule has 0 aliphatic carbocycles. The lowest BCUT2D eigenvalue weighted by Crippen LogP contribution is -2.01. The lowest BCUT2D eigenvalue weighted by atomic mass is 10.1. The molecule has 0 aromatic carbocycles. The second-order valence-corrected chi connectivity index (χ2v) is 3.14. The van der Waals surface area contributed by atoms with Gasteiger partial charge in [-0.3, -0.25) is 0 Å². The van der Waals surface area contributed by atoms with Crippen LogP contribution in [0.3, 0.4) is 0 Å². The van der Waals surface area contributed by atoms with Crippen molar-refractivity contribution in [3.05, 3.63) is 23.8 Å². The van der Waals surface area contributed by atoms with Crippen molar-refractivity contribution < 1.29 is 19.8 Å². The highest BCUT2D eigenvalue weighted by Gasteiger charge is 2.04. The van der Waals surface area contributed by atoms with Gasteiger partial charge in [-0.1, -0.05) is 31.9 Å². The van der Waals surface area contributed by atoms with Crippen LogP contribution in [0, 0.1) is 0 Å². The summed E-state index contributed by atoms with van der Waals surface area (Å²) in [7, 11) is 0. The molecule has 0 fully saturated rings. The van der Waals surface area contributed by atoms with Crippen LogP contribution in [0.2, 0.25) is 0 Å². The van der Waals surface area contributed by atoms with Crippen molar-refractivity contribution in [3.8, 4) is 0 Å². The highest BCUT2D eigenvalue weighted by molar-refractivity contribution is 5.96. The van der Waals surface area contributed by atoms with Crippen molar-refractivity contribution in [2.75, 3.05) is 0 Å². The predicted molar refractivity (Wildman–Crippen MR) is 56.6 cm³/mol. The molecule has 0 aromatic heterocycles. The number of allylic oxidation sites excluding steroid dienone is 1. The van der Waals surface area contributed by atoms with E-state index in [-0.39, 0.29) is 5.57 Å². The summed E-state index contributed by atoms with van der Waals surface area (Å²) in [6.07, 6.45) is 7.69. The van der Waals surface area contributed by atoms with Crippen LogP contribution in [0.4, 0.5) is 0 Å². The Morgan fingerprint density at radius 2 is 1.87 bits per heavy atom. The molecule has 15 heavy (non-hydrogen) atoms. The maximum Gasteiger partial charge on any atom is 0.335 e. The first-order chi connectivity index (χ1) is 7.07. The summed E-state index contributed by atoms with van der Waals surface area (Å²) in [6.45, 7) is 2.08. The zero-order valence-corrected chi connectivity index (χ0v) is 8.77. The van der Waals surface area contributed by atoms with Gasteiger partial charge in [-0.25, -0.2) is 9.59 Å². The highest BCUT2D eigenvalue weighted by atomic mass is 16.4. The van der Waals surface area contributed by atoms with Crippen LogP contribution < -0.4 is 0 Å². The Balaban J connectivity index is 4.18. The molecule has 0 aliphatic rings. The van der Waals surface area contributed by atoms with E-state index in [9.17, 15) is 9.59 Å². The number of hydrogen-bond acceptors (Lipinski definition) is 2. The van der Waals surface area contributed by atoms with E-state index in [1.165, 1.54) is 6.08 Å². The summed E-state index contributed by atoms with van der Waals surface area (Å²) in [4.78, 5) is 20.8. The standard InChI is InChI=1S/C11H16O4/c1-2-3-4-5-6-7-9(11(14)15)8-10(12)13/h6-8H,2-5H2,1H3,(H,12,13)(H,14,15)/b7-6+,9-8-. The summed E-state index contributed by atoms with van der Waals surface area (Å²) in [5.41, 5.74) is -0.195. The molecule has 0 unspecified atom stereocenters. The van der Waals surface area contributed by atoms with Crippen LogP contribution in [0.1, 0.15) is 32.6 Å². The van der Waals surface area contributed by atoms with Gasteiger partial charge in [0.2, 0.25) is 0 Å². The van der Waals surface area contributed by atoms with Crippen molar-refractivity contribution in [2.45, 2.75) is 32.6 Å². The molecular formula is C11H16O4. The SMILES string of the molecule is CCCCC/C=C/C(=C/C(=O)O)C(=O)O. The molecule has 0 heterocycles. The monoisotopic (exact) mass is 212 g/mol. The molecule has 0 aromatic rings. The van der Waals surface area contributed by atoms with Gasteiger partial charge in [0.15, 0.2) is 0 Å². The highest BCUT2D eigenvalue weighted by Crippen LogP contribution is 2.03. The van der Waals surface area contributed by atoms with Crippen LogP contribution in [-0.2, 0) is 9.59 Å². The fraction of sp³-hybridized carbons (Fsp3) is 0.455. The molecule has 2 N–H and O–H groups in total. The Labute approximate surface area is 88.9 Å². The smallest absolute Gasteiger partial charge is 0.335 e. The number of carboxylic acids is 2. The third-order valence-electron chi connectivity index (χ3n) is 1.80. The Hall–Kier alpha value is -1.58. The van der Waals surface area contributed by atoms with Gasteiger partial charge in [0.05, 0.1) is 5.57 Å². The van der Waals surface area contributed by atoms with Crippen molar-refractivity contribution in [1.29, 1.82) is 0 Å². The van der Waals surface area contributed by atoms with Crippen LogP contribution >= 0.6 is 0 Å². The average Bonchev–Trinajstić information content (AvgIpc) is 2.15. The zero-order valence-electron chi connectivity index (χ0n) is 8.77. The Morgan fingerprint density at radius 1 is 1.20 bits per heavy atom. The number of unbranched alkanes of at least 4 members (excludes halogenated alkanes) is 3. The van der Waals surface area contributed by atoms with Gasteiger partial charge < -0.3 is 10.2 Å². The first-order valence-corrected chi connectivity index (χ1v) is 4.92. The second-order valence-electron chi connectivity index (χ2n) is 3.14. The van der Waals surface area contributed by atoms with E-state index in [1.807, 2.05) is 0 Å². The molecule has 0 rings (SSSR count). The van der Waals surface area contributed by atoms with Crippen LogP contribution in [0.15, 0.2) is 23.8 Å². The summed E-state index contributed by atoms with van der Waals surface area (Å²) >= 11 is 0. The average molecular weight is 212 g/mol. The van der Waals surface area contributed by atoms with Crippen molar-refractivity contribution in [2.24, 2.45) is 0 Å². The van der Waals surface area contributed by atoms with E-state index in [0.29, 0.717) is 6.08 Å². The largest absolute Gasteiger partial charge is 0.478 e. The van der Waals surface area contributed by atoms with Crippen molar-refractivity contribution >= 4 is 11.9 Å². The maximum atomic E-state index is 10.6. The quantitative estimate of drug-likeness (QED) is 0.385. The van der Waals surface area contributed by atoms with Gasteiger partial charge in [0.25, 0.3) is 0 Å². The van der Waals surface area contributed by atoms with Gasteiger partial charge >= 0.3 is 11.9 Å². The molecule has 0 saturated heterocycles. The van der Waals surface area contributed by atoms with Gasteiger partial charge in [-0.15, -0.1) is 0 Å². The normalized spacial score (nSPS) is 11.9. The fourth-order valence-corrected chi connectivity index (χ4v) is 1.04. The Morgan fingerprint density at radius 3 is 2.33 bits per heavy atom. The molecule has 0 atom stereocenters. The summed E-state index contributed by atoms with van der Waals surface area (Å²) in [6, 6.07) is 0. The van der Waals surface area contributed by atoms with E-state index in [1.54, 1.807) is 6.08 Å². The molecule has 4 nitrogen and oxygen atoms in total. The molecule has 4 heteroatoms. The Bertz CT molecular complexity index is 276. The van der Waals surface area contributed by atoms with Gasteiger partial charge in [-0.2, -0.15) is 0 Å². The lowest BCUT2D eigenvalue weighted by Gasteiger charge is -1.94. The number of hydrogen-bond donors (Lipinski definition) is 2. The fourth-order valence-electron chi connectivity index (χ4n) is 1.04. The third kappa shape index (κ3) is 7.49. The molecular weight excluding hydrogens is 196 g/mol. The molecule has 0 spiro atoms. The first kappa shape index (κ1) is 13.4. The van der Waals surface area contributed by atoms with Gasteiger partial charge in [0.1, 0.15) is 0 Å². The second kappa shape index (κ2) is 7.79. The van der Waals surface area contributed by atoms with E-state index in [4.69, 9.17) is 10.2 Å². The van der Waals surface area contributed by atoms with Crippen molar-refractivity contribution in [3.63, 3.8) is 0 Å². The minimum atomic E-state index is -1.24. The van der Waals surface area contributed by atoms with Crippen LogP contribution in [0.5, 0.6) is 0 Å². The van der Waals surface area contributed by atoms with E-state index in [0.717, 1.165) is 25.7 Å². The minimum Gasteiger partial charge on any atom is -0.478 e.